The maximum absolute atomic E-state index is 11.2. The third kappa shape index (κ3) is 3.70. The van der Waals surface area contributed by atoms with Crippen LogP contribution in [-0.2, 0) is 11.3 Å². The van der Waals surface area contributed by atoms with Gasteiger partial charge in [-0.1, -0.05) is 13.3 Å². The van der Waals surface area contributed by atoms with E-state index in [4.69, 9.17) is 0 Å². The molecule has 90 valence electrons. The predicted molar refractivity (Wildman–Crippen MR) is 63.3 cm³/mol. The van der Waals surface area contributed by atoms with Crippen molar-refractivity contribution in [1.82, 2.24) is 10.3 Å². The number of methoxy groups -OCH3 is 1. The monoisotopic (exact) mass is 224 g/mol. The zero-order chi connectivity index (χ0) is 12.0. The first-order valence-electron chi connectivity index (χ1n) is 5.67. The molecule has 0 amide bonds. The van der Waals surface area contributed by atoms with Crippen LogP contribution in [0.15, 0.2) is 12.1 Å². The van der Waals surface area contributed by atoms with Gasteiger partial charge in [-0.25, -0.2) is 4.79 Å². The van der Waals surface area contributed by atoms with E-state index in [2.05, 4.69) is 28.9 Å². The highest BCUT2D eigenvalue weighted by atomic mass is 16.5. The van der Waals surface area contributed by atoms with E-state index in [-0.39, 0.29) is 5.97 Å². The average Bonchev–Trinajstić information content (AvgIpc) is 2.74. The van der Waals surface area contributed by atoms with Gasteiger partial charge in [-0.15, -0.1) is 0 Å². The van der Waals surface area contributed by atoms with Crippen LogP contribution in [0.25, 0.3) is 0 Å². The van der Waals surface area contributed by atoms with Crippen LogP contribution in [-0.4, -0.2) is 24.1 Å². The summed E-state index contributed by atoms with van der Waals surface area (Å²) in [6, 6.07) is 4.14. The van der Waals surface area contributed by atoms with Crippen molar-refractivity contribution in [2.75, 3.05) is 7.11 Å². The van der Waals surface area contributed by atoms with Crippen molar-refractivity contribution < 1.29 is 9.53 Å². The predicted octanol–water partition coefficient (Wildman–Crippen LogP) is 2.08. The summed E-state index contributed by atoms with van der Waals surface area (Å²) in [4.78, 5) is 14.2. The summed E-state index contributed by atoms with van der Waals surface area (Å²) in [5.41, 5.74) is 1.51. The second-order valence-corrected chi connectivity index (χ2v) is 3.96. The van der Waals surface area contributed by atoms with Crippen molar-refractivity contribution in [2.45, 2.75) is 39.3 Å². The number of rotatable bonds is 6. The Morgan fingerprint density at radius 3 is 2.94 bits per heavy atom. The lowest BCUT2D eigenvalue weighted by Gasteiger charge is -2.11. The van der Waals surface area contributed by atoms with Gasteiger partial charge in [-0.2, -0.15) is 0 Å². The minimum atomic E-state index is -0.326. The first-order valence-corrected chi connectivity index (χ1v) is 5.67. The Hall–Kier alpha value is -1.29. The lowest BCUT2D eigenvalue weighted by molar-refractivity contribution is 0.0594. The number of aromatic amines is 1. The largest absolute Gasteiger partial charge is 0.464 e. The fourth-order valence-electron chi connectivity index (χ4n) is 1.59. The number of aromatic nitrogens is 1. The van der Waals surface area contributed by atoms with E-state index in [0.717, 1.165) is 18.7 Å². The molecular weight excluding hydrogens is 204 g/mol. The average molecular weight is 224 g/mol. The molecule has 1 aromatic rings. The SMILES string of the molecule is CCCC(C)NCc1ccc(C(=O)OC)[nH]1. The fourth-order valence-corrected chi connectivity index (χ4v) is 1.59. The van der Waals surface area contributed by atoms with Gasteiger partial charge in [-0.3, -0.25) is 0 Å². The molecule has 1 unspecified atom stereocenters. The van der Waals surface area contributed by atoms with E-state index in [1.54, 1.807) is 6.07 Å². The lowest BCUT2D eigenvalue weighted by atomic mass is 10.2. The van der Waals surface area contributed by atoms with E-state index in [1.165, 1.54) is 13.5 Å². The second kappa shape index (κ2) is 6.33. The Balaban J connectivity index is 2.43. The summed E-state index contributed by atoms with van der Waals surface area (Å²) in [5.74, 6) is -0.326. The fraction of sp³-hybridized carbons (Fsp3) is 0.583. The van der Waals surface area contributed by atoms with Crippen LogP contribution in [0.2, 0.25) is 0 Å². The number of esters is 1. The van der Waals surface area contributed by atoms with Crippen LogP contribution in [0.5, 0.6) is 0 Å². The van der Waals surface area contributed by atoms with Gasteiger partial charge in [0.25, 0.3) is 0 Å². The van der Waals surface area contributed by atoms with Crippen LogP contribution in [0, 0.1) is 0 Å². The van der Waals surface area contributed by atoms with Crippen molar-refractivity contribution in [2.24, 2.45) is 0 Å². The molecule has 0 fully saturated rings. The van der Waals surface area contributed by atoms with Gasteiger partial charge in [-0.05, 0) is 25.5 Å². The van der Waals surface area contributed by atoms with Crippen molar-refractivity contribution in [3.05, 3.63) is 23.5 Å². The molecule has 1 rings (SSSR count). The molecule has 0 saturated heterocycles. The number of carbonyl (C=O) groups is 1. The van der Waals surface area contributed by atoms with E-state index in [9.17, 15) is 4.79 Å². The molecule has 16 heavy (non-hydrogen) atoms. The Labute approximate surface area is 96.4 Å². The van der Waals surface area contributed by atoms with Crippen LogP contribution < -0.4 is 5.32 Å². The van der Waals surface area contributed by atoms with Crippen molar-refractivity contribution in [1.29, 1.82) is 0 Å². The van der Waals surface area contributed by atoms with Gasteiger partial charge < -0.3 is 15.0 Å². The minimum Gasteiger partial charge on any atom is -0.464 e. The third-order valence-corrected chi connectivity index (χ3v) is 2.51. The Morgan fingerprint density at radius 2 is 2.31 bits per heavy atom. The molecule has 0 radical (unpaired) electrons. The Bertz CT molecular complexity index is 334. The first kappa shape index (κ1) is 12.8. The van der Waals surface area contributed by atoms with Gasteiger partial charge in [0.15, 0.2) is 0 Å². The normalized spacial score (nSPS) is 12.4. The summed E-state index contributed by atoms with van der Waals surface area (Å²) in [7, 11) is 1.38. The molecule has 2 N–H and O–H groups in total. The van der Waals surface area contributed by atoms with Gasteiger partial charge in [0, 0.05) is 18.3 Å². The quantitative estimate of drug-likeness (QED) is 0.727. The molecule has 0 bridgehead atoms. The summed E-state index contributed by atoms with van der Waals surface area (Å²) >= 11 is 0. The number of carbonyl (C=O) groups excluding carboxylic acids is 1. The molecule has 1 heterocycles. The second-order valence-electron chi connectivity index (χ2n) is 3.96. The van der Waals surface area contributed by atoms with Crippen LogP contribution in [0.4, 0.5) is 0 Å². The zero-order valence-corrected chi connectivity index (χ0v) is 10.2. The lowest BCUT2D eigenvalue weighted by Crippen LogP contribution is -2.25. The minimum absolute atomic E-state index is 0.326. The molecule has 1 atom stereocenters. The van der Waals surface area contributed by atoms with E-state index in [1.807, 2.05) is 6.07 Å². The van der Waals surface area contributed by atoms with Gasteiger partial charge in [0.2, 0.25) is 0 Å². The van der Waals surface area contributed by atoms with Gasteiger partial charge in [0.1, 0.15) is 5.69 Å². The van der Waals surface area contributed by atoms with E-state index < -0.39 is 0 Å². The van der Waals surface area contributed by atoms with Crippen LogP contribution >= 0.6 is 0 Å². The number of ether oxygens (including phenoxy) is 1. The van der Waals surface area contributed by atoms with Crippen LogP contribution in [0.3, 0.4) is 0 Å². The number of nitrogens with one attached hydrogen (secondary N) is 2. The molecular formula is C12H20N2O2. The molecule has 0 saturated carbocycles. The smallest absolute Gasteiger partial charge is 0.354 e. The van der Waals surface area contributed by atoms with Gasteiger partial charge in [0.05, 0.1) is 7.11 Å². The summed E-state index contributed by atoms with van der Waals surface area (Å²) < 4.78 is 4.62. The molecule has 0 aliphatic rings. The highest BCUT2D eigenvalue weighted by molar-refractivity contribution is 5.87. The molecule has 0 spiro atoms. The van der Waals surface area contributed by atoms with Crippen molar-refractivity contribution >= 4 is 5.97 Å². The highest BCUT2D eigenvalue weighted by Crippen LogP contribution is 2.04. The maximum atomic E-state index is 11.2. The molecule has 0 aliphatic heterocycles. The topological polar surface area (TPSA) is 54.1 Å². The summed E-state index contributed by atoms with van der Waals surface area (Å²) in [6.45, 7) is 5.08. The first-order chi connectivity index (χ1) is 7.67. The number of hydrogen-bond acceptors (Lipinski definition) is 3. The highest BCUT2D eigenvalue weighted by Gasteiger charge is 2.08. The Morgan fingerprint density at radius 1 is 1.56 bits per heavy atom. The summed E-state index contributed by atoms with van der Waals surface area (Å²) in [6.07, 6.45) is 2.33. The Kier molecular flexibility index (Phi) is 5.05. The van der Waals surface area contributed by atoms with E-state index >= 15 is 0 Å². The van der Waals surface area contributed by atoms with Crippen molar-refractivity contribution in [3.63, 3.8) is 0 Å². The molecule has 4 heteroatoms. The van der Waals surface area contributed by atoms with Crippen LogP contribution in [0.1, 0.15) is 42.9 Å². The zero-order valence-electron chi connectivity index (χ0n) is 10.2. The number of hydrogen-bond donors (Lipinski definition) is 2. The molecule has 4 nitrogen and oxygen atoms in total. The van der Waals surface area contributed by atoms with Gasteiger partial charge >= 0.3 is 5.97 Å². The maximum Gasteiger partial charge on any atom is 0.354 e. The van der Waals surface area contributed by atoms with Crippen molar-refractivity contribution in [3.8, 4) is 0 Å². The molecule has 0 aliphatic carbocycles. The summed E-state index contributed by atoms with van der Waals surface area (Å²) in [5, 5.41) is 3.39. The number of H-pyrrole nitrogens is 1. The standard InChI is InChI=1S/C12H20N2O2/c1-4-5-9(2)13-8-10-6-7-11(14-10)12(15)16-3/h6-7,9,13-14H,4-5,8H2,1-3H3. The molecule has 0 aromatic carbocycles. The van der Waals surface area contributed by atoms with E-state index in [0.29, 0.717) is 11.7 Å². The third-order valence-electron chi connectivity index (χ3n) is 2.51. The molecule has 1 aromatic heterocycles.